The molecule has 2 aromatic heterocycles. The van der Waals surface area contributed by atoms with Crippen LogP contribution in [-0.4, -0.2) is 14.8 Å². The van der Waals surface area contributed by atoms with Gasteiger partial charge in [0.2, 0.25) is 0 Å². The second-order valence-electron chi connectivity index (χ2n) is 3.23. The summed E-state index contributed by atoms with van der Waals surface area (Å²) >= 11 is 1.60. The second kappa shape index (κ2) is 3.51. The summed E-state index contributed by atoms with van der Waals surface area (Å²) in [6.45, 7) is 1.95. The van der Waals surface area contributed by atoms with Gasteiger partial charge in [0.1, 0.15) is 10.7 Å². The monoisotopic (exact) mass is 208 g/mol. The number of aromatic nitrogens is 3. The van der Waals surface area contributed by atoms with E-state index in [0.29, 0.717) is 0 Å². The van der Waals surface area contributed by atoms with E-state index in [1.54, 1.807) is 16.0 Å². The maximum Gasteiger partial charge on any atom is 0.143 e. The van der Waals surface area contributed by atoms with Gasteiger partial charge >= 0.3 is 0 Å². The highest BCUT2D eigenvalue weighted by Gasteiger charge is 2.09. The van der Waals surface area contributed by atoms with Gasteiger partial charge in [-0.3, -0.25) is 4.68 Å². The molecule has 2 rings (SSSR count). The summed E-state index contributed by atoms with van der Waals surface area (Å²) in [6.07, 6.45) is 3.72. The van der Waals surface area contributed by atoms with Crippen LogP contribution < -0.4 is 5.73 Å². The van der Waals surface area contributed by atoms with Gasteiger partial charge < -0.3 is 5.73 Å². The number of nitrogens with zero attached hydrogens (tertiary/aromatic N) is 3. The van der Waals surface area contributed by atoms with E-state index >= 15 is 0 Å². The molecule has 14 heavy (non-hydrogen) atoms. The zero-order chi connectivity index (χ0) is 10.1. The maximum atomic E-state index is 5.76. The summed E-state index contributed by atoms with van der Waals surface area (Å²) in [6, 6.07) is 1.99. The highest BCUT2D eigenvalue weighted by molar-refractivity contribution is 7.15. The molecule has 0 radical (unpaired) electrons. The van der Waals surface area contributed by atoms with Gasteiger partial charge in [0.15, 0.2) is 0 Å². The second-order valence-corrected chi connectivity index (χ2v) is 4.29. The van der Waals surface area contributed by atoms with Crippen LogP contribution in [0.15, 0.2) is 18.5 Å². The summed E-state index contributed by atoms with van der Waals surface area (Å²) in [5.41, 5.74) is 6.66. The molecule has 0 amide bonds. The minimum atomic E-state index is 0.0463. The van der Waals surface area contributed by atoms with Crippen molar-refractivity contribution < 1.29 is 0 Å². The van der Waals surface area contributed by atoms with E-state index in [4.69, 9.17) is 5.73 Å². The van der Waals surface area contributed by atoms with Gasteiger partial charge in [0, 0.05) is 30.4 Å². The van der Waals surface area contributed by atoms with Crippen LogP contribution in [0.4, 0.5) is 0 Å². The molecule has 4 nitrogen and oxygen atoms in total. The predicted octanol–water partition coefficient (Wildman–Crippen LogP) is 1.56. The van der Waals surface area contributed by atoms with Gasteiger partial charge in [-0.2, -0.15) is 5.10 Å². The fourth-order valence-electron chi connectivity index (χ4n) is 1.14. The van der Waals surface area contributed by atoms with Crippen molar-refractivity contribution in [2.24, 2.45) is 12.8 Å². The third-order valence-corrected chi connectivity index (χ3v) is 3.13. The smallest absolute Gasteiger partial charge is 0.143 e. The molecule has 1 unspecified atom stereocenters. The van der Waals surface area contributed by atoms with Crippen molar-refractivity contribution in [2.45, 2.75) is 13.0 Å². The average Bonchev–Trinajstić information content (AvgIpc) is 2.70. The molecule has 0 bridgehead atoms. The standard InChI is InChI=1S/C9H12N4S/c1-6(10)8-5-11-9(14-8)7-3-4-13(2)12-7/h3-6H,10H2,1-2H3. The first-order chi connectivity index (χ1) is 6.66. The first kappa shape index (κ1) is 9.36. The zero-order valence-electron chi connectivity index (χ0n) is 8.14. The zero-order valence-corrected chi connectivity index (χ0v) is 8.95. The van der Waals surface area contributed by atoms with Crippen LogP contribution >= 0.6 is 11.3 Å². The van der Waals surface area contributed by atoms with Crippen molar-refractivity contribution in [3.63, 3.8) is 0 Å². The lowest BCUT2D eigenvalue weighted by Crippen LogP contribution is -2.01. The number of aryl methyl sites for hydroxylation is 1. The largest absolute Gasteiger partial charge is 0.323 e. The number of rotatable bonds is 2. The molecule has 0 spiro atoms. The fraction of sp³-hybridized carbons (Fsp3) is 0.333. The normalized spacial score (nSPS) is 13.1. The first-order valence-electron chi connectivity index (χ1n) is 4.38. The molecule has 2 heterocycles. The SMILES string of the molecule is CC(N)c1cnc(-c2ccn(C)n2)s1. The molecule has 5 heteroatoms. The number of hydrogen-bond acceptors (Lipinski definition) is 4. The van der Waals surface area contributed by atoms with Crippen molar-refractivity contribution in [1.29, 1.82) is 0 Å². The Kier molecular flexibility index (Phi) is 2.35. The molecule has 2 N–H and O–H groups in total. The van der Waals surface area contributed by atoms with Crippen LogP contribution in [-0.2, 0) is 7.05 Å². The van der Waals surface area contributed by atoms with Crippen LogP contribution in [0.2, 0.25) is 0 Å². The van der Waals surface area contributed by atoms with Gasteiger partial charge in [-0.05, 0) is 13.0 Å². The third-order valence-electron chi connectivity index (χ3n) is 1.91. The van der Waals surface area contributed by atoms with Crippen molar-refractivity contribution >= 4 is 11.3 Å². The predicted molar refractivity (Wildman–Crippen MR) is 56.9 cm³/mol. The minimum Gasteiger partial charge on any atom is -0.323 e. The molecule has 0 saturated heterocycles. The van der Waals surface area contributed by atoms with Gasteiger partial charge in [-0.1, -0.05) is 0 Å². The molecule has 0 aliphatic rings. The molecule has 0 aliphatic carbocycles. The lowest BCUT2D eigenvalue weighted by Gasteiger charge is -1.96. The van der Waals surface area contributed by atoms with E-state index < -0.39 is 0 Å². The molecule has 74 valence electrons. The molecule has 0 aromatic carbocycles. The summed E-state index contributed by atoms with van der Waals surface area (Å²) in [5, 5.41) is 5.21. The van der Waals surface area contributed by atoms with Crippen LogP contribution in [0.5, 0.6) is 0 Å². The Hall–Kier alpha value is -1.20. The molecular formula is C9H12N4S. The van der Waals surface area contributed by atoms with Crippen molar-refractivity contribution in [3.8, 4) is 10.7 Å². The lowest BCUT2D eigenvalue weighted by atomic mass is 10.3. The first-order valence-corrected chi connectivity index (χ1v) is 5.20. The molecule has 1 atom stereocenters. The minimum absolute atomic E-state index is 0.0463. The Morgan fingerprint density at radius 3 is 2.86 bits per heavy atom. The van der Waals surface area contributed by atoms with Crippen LogP contribution in [0, 0.1) is 0 Å². The van der Waals surface area contributed by atoms with Crippen LogP contribution in [0.3, 0.4) is 0 Å². The highest BCUT2D eigenvalue weighted by Crippen LogP contribution is 2.26. The number of nitrogens with two attached hydrogens (primary N) is 1. The van der Waals surface area contributed by atoms with Crippen molar-refractivity contribution in [2.75, 3.05) is 0 Å². The molecule has 0 aliphatic heterocycles. The molecule has 0 saturated carbocycles. The van der Waals surface area contributed by atoms with Gasteiger partial charge in [-0.25, -0.2) is 4.98 Å². The van der Waals surface area contributed by atoms with E-state index in [2.05, 4.69) is 10.1 Å². The van der Waals surface area contributed by atoms with Gasteiger partial charge in [0.25, 0.3) is 0 Å². The van der Waals surface area contributed by atoms with E-state index in [1.165, 1.54) is 0 Å². The van der Waals surface area contributed by atoms with E-state index in [1.807, 2.05) is 32.4 Å². The van der Waals surface area contributed by atoms with Crippen LogP contribution in [0.25, 0.3) is 10.7 Å². The Morgan fingerprint density at radius 2 is 2.36 bits per heavy atom. The maximum absolute atomic E-state index is 5.76. The van der Waals surface area contributed by atoms with Crippen LogP contribution in [0.1, 0.15) is 17.8 Å². The Bertz CT molecular complexity index is 429. The van der Waals surface area contributed by atoms with E-state index in [0.717, 1.165) is 15.6 Å². The molecule has 2 aromatic rings. The lowest BCUT2D eigenvalue weighted by molar-refractivity contribution is 0.770. The van der Waals surface area contributed by atoms with Gasteiger partial charge in [0.05, 0.1) is 0 Å². The Labute approximate surface area is 86.4 Å². The molecular weight excluding hydrogens is 196 g/mol. The van der Waals surface area contributed by atoms with E-state index in [-0.39, 0.29) is 6.04 Å². The van der Waals surface area contributed by atoms with Crippen molar-refractivity contribution in [1.82, 2.24) is 14.8 Å². The van der Waals surface area contributed by atoms with Gasteiger partial charge in [-0.15, -0.1) is 11.3 Å². The Morgan fingerprint density at radius 1 is 1.57 bits per heavy atom. The topological polar surface area (TPSA) is 56.7 Å². The summed E-state index contributed by atoms with van der Waals surface area (Å²) in [5.74, 6) is 0. The Balaban J connectivity index is 2.33. The van der Waals surface area contributed by atoms with Crippen molar-refractivity contribution in [3.05, 3.63) is 23.3 Å². The quantitative estimate of drug-likeness (QED) is 0.815. The summed E-state index contributed by atoms with van der Waals surface area (Å²) in [7, 11) is 1.89. The highest BCUT2D eigenvalue weighted by atomic mass is 32.1. The summed E-state index contributed by atoms with van der Waals surface area (Å²) in [4.78, 5) is 5.37. The average molecular weight is 208 g/mol. The third kappa shape index (κ3) is 1.69. The summed E-state index contributed by atoms with van der Waals surface area (Å²) < 4.78 is 1.77. The number of thiazole rings is 1. The number of hydrogen-bond donors (Lipinski definition) is 1. The molecule has 0 fully saturated rings. The fourth-order valence-corrected chi connectivity index (χ4v) is 1.98. The van der Waals surface area contributed by atoms with E-state index in [9.17, 15) is 0 Å².